The molecule has 1 heterocycles. The number of ether oxygens (including phenoxy) is 2. The zero-order valence-corrected chi connectivity index (χ0v) is 20.7. The van der Waals surface area contributed by atoms with E-state index in [2.05, 4.69) is 4.98 Å². The largest absolute Gasteiger partial charge is 0.482 e. The Kier molecular flexibility index (Phi) is 8.91. The van der Waals surface area contributed by atoms with Crippen molar-refractivity contribution < 1.29 is 19.1 Å². The minimum atomic E-state index is -0.812. The third-order valence-corrected chi connectivity index (χ3v) is 5.30. The number of benzene rings is 2. The number of hydrogen-bond acceptors (Lipinski definition) is 7. The monoisotopic (exact) mass is 514 g/mol. The van der Waals surface area contributed by atoms with Gasteiger partial charge in [-0.15, -0.1) is 0 Å². The lowest BCUT2D eigenvalue weighted by atomic mass is 10.2. The van der Waals surface area contributed by atoms with E-state index in [0.717, 1.165) is 10.5 Å². The van der Waals surface area contributed by atoms with Crippen LogP contribution >= 0.6 is 11.6 Å². The summed E-state index contributed by atoms with van der Waals surface area (Å²) in [7, 11) is 0. The quantitative estimate of drug-likeness (QED) is 0.396. The van der Waals surface area contributed by atoms with Gasteiger partial charge >= 0.3 is 11.7 Å². The van der Waals surface area contributed by atoms with Crippen LogP contribution in [0.2, 0.25) is 5.02 Å². The van der Waals surface area contributed by atoms with Gasteiger partial charge in [-0.1, -0.05) is 55.8 Å². The summed E-state index contributed by atoms with van der Waals surface area (Å²) in [4.78, 5) is 53.8. The van der Waals surface area contributed by atoms with Crippen molar-refractivity contribution >= 4 is 35.0 Å². The number of carbonyl (C=O) groups is 2. The van der Waals surface area contributed by atoms with Crippen LogP contribution in [0.15, 0.2) is 64.2 Å². The van der Waals surface area contributed by atoms with E-state index in [4.69, 9.17) is 26.8 Å². The maximum absolute atomic E-state index is 13.1. The number of hydrogen-bond donors (Lipinski definition) is 2. The number of anilines is 2. The van der Waals surface area contributed by atoms with Gasteiger partial charge in [-0.25, -0.2) is 9.59 Å². The van der Waals surface area contributed by atoms with E-state index in [1.807, 2.05) is 32.0 Å². The second-order valence-corrected chi connectivity index (χ2v) is 8.80. The van der Waals surface area contributed by atoms with Crippen LogP contribution in [0.5, 0.6) is 5.75 Å². The molecule has 0 spiro atoms. The van der Waals surface area contributed by atoms with Crippen molar-refractivity contribution in [2.75, 3.05) is 30.4 Å². The molecule has 0 bridgehead atoms. The lowest BCUT2D eigenvalue weighted by Gasteiger charge is -2.26. The third kappa shape index (κ3) is 6.98. The van der Waals surface area contributed by atoms with Crippen molar-refractivity contribution in [1.29, 1.82) is 0 Å². The summed E-state index contributed by atoms with van der Waals surface area (Å²) in [5.74, 6) is -1.28. The first-order valence-corrected chi connectivity index (χ1v) is 11.5. The second-order valence-electron chi connectivity index (χ2n) is 8.37. The number of aromatic amines is 1. The van der Waals surface area contributed by atoms with E-state index in [-0.39, 0.29) is 30.5 Å². The number of amides is 1. The molecule has 0 radical (unpaired) electrons. The van der Waals surface area contributed by atoms with E-state index in [0.29, 0.717) is 10.8 Å². The van der Waals surface area contributed by atoms with Gasteiger partial charge < -0.3 is 20.1 Å². The molecule has 0 aliphatic heterocycles. The van der Waals surface area contributed by atoms with Gasteiger partial charge in [0.2, 0.25) is 0 Å². The van der Waals surface area contributed by atoms with E-state index in [1.165, 1.54) is 4.57 Å². The van der Waals surface area contributed by atoms with Crippen LogP contribution in [0.25, 0.3) is 0 Å². The van der Waals surface area contributed by atoms with E-state index >= 15 is 0 Å². The molecule has 0 fully saturated rings. The van der Waals surface area contributed by atoms with Crippen molar-refractivity contribution in [3.63, 3.8) is 0 Å². The molecule has 0 unspecified atom stereocenters. The Hall–Kier alpha value is -4.05. The topological polar surface area (TPSA) is 137 Å². The van der Waals surface area contributed by atoms with Crippen LogP contribution in [-0.4, -0.2) is 41.2 Å². The minimum Gasteiger partial charge on any atom is -0.482 e. The van der Waals surface area contributed by atoms with E-state index in [9.17, 15) is 19.2 Å². The predicted molar refractivity (Wildman–Crippen MR) is 136 cm³/mol. The lowest BCUT2D eigenvalue weighted by Crippen LogP contribution is -2.44. The van der Waals surface area contributed by atoms with Gasteiger partial charge in [-0.05, 0) is 35.7 Å². The minimum absolute atomic E-state index is 0.0637. The van der Waals surface area contributed by atoms with Gasteiger partial charge in [0.05, 0.1) is 6.54 Å². The summed E-state index contributed by atoms with van der Waals surface area (Å²) < 4.78 is 11.6. The highest BCUT2D eigenvalue weighted by molar-refractivity contribution is 6.30. The van der Waals surface area contributed by atoms with Crippen LogP contribution in [-0.2, 0) is 20.9 Å². The molecular weight excluding hydrogens is 488 g/mol. The molecule has 0 saturated heterocycles. The number of esters is 1. The molecule has 2 aromatic carbocycles. The van der Waals surface area contributed by atoms with Crippen molar-refractivity contribution in [3.8, 4) is 5.75 Å². The summed E-state index contributed by atoms with van der Waals surface area (Å²) in [6.45, 7) is 2.81. The van der Waals surface area contributed by atoms with E-state index < -0.39 is 36.3 Å². The fourth-order valence-corrected chi connectivity index (χ4v) is 3.51. The maximum atomic E-state index is 13.1. The number of halogens is 1. The number of nitrogens with one attached hydrogen (secondary N) is 1. The molecule has 3 N–H and O–H groups in total. The lowest BCUT2D eigenvalue weighted by molar-refractivity contribution is -0.149. The Morgan fingerprint density at radius 2 is 1.72 bits per heavy atom. The van der Waals surface area contributed by atoms with Crippen LogP contribution in [0, 0.1) is 5.92 Å². The first-order chi connectivity index (χ1) is 17.2. The van der Waals surface area contributed by atoms with E-state index in [1.54, 1.807) is 36.4 Å². The maximum Gasteiger partial charge on any atom is 0.344 e. The zero-order valence-electron chi connectivity index (χ0n) is 19.9. The molecule has 0 aliphatic carbocycles. The summed E-state index contributed by atoms with van der Waals surface area (Å²) in [5.41, 5.74) is 5.32. The molecule has 0 saturated carbocycles. The van der Waals surface area contributed by atoms with Gasteiger partial charge in [0.15, 0.2) is 18.9 Å². The summed E-state index contributed by atoms with van der Waals surface area (Å²) in [5, 5.41) is 0.519. The molecule has 11 heteroatoms. The number of H-pyrrole nitrogens is 1. The predicted octanol–water partition coefficient (Wildman–Crippen LogP) is 2.43. The van der Waals surface area contributed by atoms with Crippen molar-refractivity contribution in [2.24, 2.45) is 5.92 Å². The summed E-state index contributed by atoms with van der Waals surface area (Å²) in [6.07, 6.45) is 0. The standard InChI is InChI=1S/C25H27ClN4O6/c1-16(2)12-29(20(31)14-36-21(32)15-35-19-10-8-18(26)9-11-19)22-23(27)30(25(34)28-24(22)33)13-17-6-4-3-5-7-17/h3-11,16H,12-15,27H2,1-2H3,(H,28,33,34). The summed E-state index contributed by atoms with van der Waals surface area (Å²) in [6, 6.07) is 15.4. The second kappa shape index (κ2) is 12.1. The summed E-state index contributed by atoms with van der Waals surface area (Å²) >= 11 is 5.81. The first kappa shape index (κ1) is 26.6. The van der Waals surface area contributed by atoms with Gasteiger partial charge in [-0.2, -0.15) is 0 Å². The smallest absolute Gasteiger partial charge is 0.344 e. The van der Waals surface area contributed by atoms with Crippen molar-refractivity contribution in [3.05, 3.63) is 86.0 Å². The fraction of sp³-hybridized carbons (Fsp3) is 0.280. The average Bonchev–Trinajstić information content (AvgIpc) is 2.84. The number of nitrogens with two attached hydrogens (primary N) is 1. The molecular formula is C25H27ClN4O6. The Morgan fingerprint density at radius 3 is 2.36 bits per heavy atom. The Balaban J connectivity index is 1.77. The molecule has 0 aliphatic rings. The number of carbonyl (C=O) groups excluding carboxylic acids is 2. The van der Waals surface area contributed by atoms with Crippen LogP contribution in [0.4, 0.5) is 11.5 Å². The van der Waals surface area contributed by atoms with Crippen LogP contribution in [0.3, 0.4) is 0 Å². The molecule has 3 rings (SSSR count). The Bertz CT molecular complexity index is 1320. The van der Waals surface area contributed by atoms with Gasteiger partial charge in [0.25, 0.3) is 11.5 Å². The van der Waals surface area contributed by atoms with Crippen LogP contribution < -0.4 is 26.6 Å². The Morgan fingerprint density at radius 1 is 1.06 bits per heavy atom. The molecule has 10 nitrogen and oxygen atoms in total. The molecule has 1 aromatic heterocycles. The Labute approximate surface area is 212 Å². The SMILES string of the molecule is CC(C)CN(C(=O)COC(=O)COc1ccc(Cl)cc1)c1c(N)n(Cc2ccccc2)c(=O)[nH]c1=O. The third-order valence-electron chi connectivity index (χ3n) is 5.04. The molecule has 36 heavy (non-hydrogen) atoms. The van der Waals surface area contributed by atoms with Gasteiger partial charge in [0, 0.05) is 11.6 Å². The van der Waals surface area contributed by atoms with Crippen molar-refractivity contribution in [2.45, 2.75) is 20.4 Å². The number of aromatic nitrogens is 2. The van der Waals surface area contributed by atoms with Gasteiger partial charge in [-0.3, -0.25) is 19.1 Å². The number of rotatable bonds is 10. The number of nitrogen functional groups attached to an aromatic ring is 1. The molecule has 190 valence electrons. The van der Waals surface area contributed by atoms with Crippen LogP contribution in [0.1, 0.15) is 19.4 Å². The highest BCUT2D eigenvalue weighted by atomic mass is 35.5. The fourth-order valence-electron chi connectivity index (χ4n) is 3.38. The van der Waals surface area contributed by atoms with Gasteiger partial charge in [0.1, 0.15) is 11.6 Å². The molecule has 0 atom stereocenters. The first-order valence-electron chi connectivity index (χ1n) is 11.2. The molecule has 1 amide bonds. The normalized spacial score (nSPS) is 10.8. The number of nitrogens with zero attached hydrogens (tertiary/aromatic N) is 2. The highest BCUT2D eigenvalue weighted by Crippen LogP contribution is 2.20. The average molecular weight is 515 g/mol. The highest BCUT2D eigenvalue weighted by Gasteiger charge is 2.26. The van der Waals surface area contributed by atoms with Crippen molar-refractivity contribution in [1.82, 2.24) is 9.55 Å². The molecule has 3 aromatic rings. The zero-order chi connectivity index (χ0) is 26.2.